The van der Waals surface area contributed by atoms with E-state index >= 15 is 0 Å². The first-order valence-corrected chi connectivity index (χ1v) is 10.7. The molecule has 1 aromatic heterocycles. The van der Waals surface area contributed by atoms with Crippen molar-refractivity contribution in [1.82, 2.24) is 19.7 Å². The van der Waals surface area contributed by atoms with E-state index in [9.17, 15) is 4.79 Å². The number of nitrogens with zero attached hydrogens (tertiary/aromatic N) is 4. The van der Waals surface area contributed by atoms with Crippen molar-refractivity contribution in [3.05, 3.63) is 94.8 Å². The predicted octanol–water partition coefficient (Wildman–Crippen LogP) is 4.79. The van der Waals surface area contributed by atoms with E-state index in [4.69, 9.17) is 16.3 Å². The molecule has 3 aromatic carbocycles. The molecule has 0 saturated carbocycles. The second-order valence-electron chi connectivity index (χ2n) is 7.60. The Kier molecular flexibility index (Phi) is 5.37. The Balaban J connectivity index is 1.55. The van der Waals surface area contributed by atoms with Crippen LogP contribution in [0.4, 0.5) is 0 Å². The van der Waals surface area contributed by atoms with Gasteiger partial charge >= 0.3 is 0 Å². The second kappa shape index (κ2) is 8.48. The van der Waals surface area contributed by atoms with E-state index in [-0.39, 0.29) is 11.7 Å². The maximum atomic E-state index is 13.4. The maximum Gasteiger partial charge on any atom is 0.293 e. The van der Waals surface area contributed by atoms with Crippen LogP contribution in [0.5, 0.6) is 5.75 Å². The van der Waals surface area contributed by atoms with E-state index in [2.05, 4.69) is 22.2 Å². The lowest BCUT2D eigenvalue weighted by atomic mass is 10.00. The number of benzene rings is 3. The molecule has 0 spiro atoms. The van der Waals surface area contributed by atoms with Crippen LogP contribution in [0.15, 0.2) is 72.8 Å². The molecular weight excluding hydrogens is 424 g/mol. The van der Waals surface area contributed by atoms with Crippen LogP contribution in [0.3, 0.4) is 0 Å². The highest BCUT2D eigenvalue weighted by molar-refractivity contribution is 6.32. The summed E-state index contributed by atoms with van der Waals surface area (Å²) in [7, 11) is 1.62. The number of aromatic nitrogens is 3. The van der Waals surface area contributed by atoms with Crippen molar-refractivity contribution < 1.29 is 9.53 Å². The number of hydrogen-bond acceptors (Lipinski definition) is 4. The molecule has 0 atom stereocenters. The summed E-state index contributed by atoms with van der Waals surface area (Å²) in [6, 6.07) is 23.1. The zero-order valence-corrected chi connectivity index (χ0v) is 18.3. The molecule has 0 fully saturated rings. The predicted molar refractivity (Wildman–Crippen MR) is 123 cm³/mol. The fourth-order valence-electron chi connectivity index (χ4n) is 3.93. The molecule has 5 rings (SSSR count). The molecule has 4 aromatic rings. The van der Waals surface area contributed by atoms with Crippen molar-refractivity contribution in [2.75, 3.05) is 13.7 Å². The van der Waals surface area contributed by atoms with Crippen LogP contribution in [-0.2, 0) is 13.0 Å². The van der Waals surface area contributed by atoms with Gasteiger partial charge in [0.15, 0.2) is 5.82 Å². The number of rotatable bonds is 4. The zero-order valence-electron chi connectivity index (χ0n) is 17.5. The average Bonchev–Trinajstić information content (AvgIpc) is 3.29. The summed E-state index contributed by atoms with van der Waals surface area (Å²) in [5.41, 5.74) is 3.91. The third-order valence-corrected chi connectivity index (χ3v) is 5.96. The number of carbonyl (C=O) groups is 1. The number of ether oxygens (including phenoxy) is 1. The van der Waals surface area contributed by atoms with Gasteiger partial charge in [0.05, 0.1) is 17.8 Å². The highest BCUT2D eigenvalue weighted by atomic mass is 35.5. The largest absolute Gasteiger partial charge is 0.497 e. The van der Waals surface area contributed by atoms with Gasteiger partial charge in [0.2, 0.25) is 5.82 Å². The lowest BCUT2D eigenvalue weighted by molar-refractivity contribution is 0.0722. The Morgan fingerprint density at radius 1 is 0.969 bits per heavy atom. The van der Waals surface area contributed by atoms with Crippen LogP contribution < -0.4 is 4.74 Å². The van der Waals surface area contributed by atoms with Crippen molar-refractivity contribution in [1.29, 1.82) is 0 Å². The van der Waals surface area contributed by atoms with Gasteiger partial charge in [0.1, 0.15) is 5.75 Å². The number of hydrogen-bond donors (Lipinski definition) is 0. The molecule has 1 amide bonds. The summed E-state index contributed by atoms with van der Waals surface area (Å²) in [5, 5.41) is 5.12. The minimum Gasteiger partial charge on any atom is -0.497 e. The normalized spacial score (nSPS) is 13.0. The van der Waals surface area contributed by atoms with E-state index in [1.807, 2.05) is 54.6 Å². The van der Waals surface area contributed by atoms with Crippen molar-refractivity contribution in [2.24, 2.45) is 0 Å². The molecule has 0 unspecified atom stereocenters. The van der Waals surface area contributed by atoms with Crippen LogP contribution in [0.1, 0.15) is 21.7 Å². The molecule has 0 aliphatic carbocycles. The summed E-state index contributed by atoms with van der Waals surface area (Å²) >= 11 is 6.46. The Labute approximate surface area is 191 Å². The number of halogens is 1. The van der Waals surface area contributed by atoms with Crippen LogP contribution >= 0.6 is 11.6 Å². The average molecular weight is 445 g/mol. The first-order valence-electron chi connectivity index (χ1n) is 10.4. The third-order valence-electron chi connectivity index (χ3n) is 5.65. The van der Waals surface area contributed by atoms with Gasteiger partial charge in [-0.25, -0.2) is 9.67 Å². The first-order chi connectivity index (χ1) is 15.6. The number of para-hydroxylation sites is 1. The Morgan fingerprint density at radius 2 is 1.69 bits per heavy atom. The molecule has 0 bridgehead atoms. The molecule has 32 heavy (non-hydrogen) atoms. The lowest BCUT2D eigenvalue weighted by Gasteiger charge is -2.27. The quantitative estimate of drug-likeness (QED) is 0.454. The third kappa shape index (κ3) is 3.74. The van der Waals surface area contributed by atoms with Crippen molar-refractivity contribution in [3.63, 3.8) is 0 Å². The molecule has 6 nitrogen and oxygen atoms in total. The minimum atomic E-state index is -0.194. The van der Waals surface area contributed by atoms with Gasteiger partial charge in [-0.2, -0.15) is 0 Å². The SMILES string of the molecule is COc1ccc(-c2nc(C(=O)N3CCc4ccccc4C3)nn2-c2ccccc2Cl)cc1. The fraction of sp³-hybridized carbons (Fsp3) is 0.160. The number of methoxy groups -OCH3 is 1. The van der Waals surface area contributed by atoms with Gasteiger partial charge in [-0.3, -0.25) is 4.79 Å². The molecule has 2 heterocycles. The summed E-state index contributed by atoms with van der Waals surface area (Å²) in [5.74, 6) is 1.23. The Hall–Kier alpha value is -3.64. The van der Waals surface area contributed by atoms with Crippen LogP contribution in [0.25, 0.3) is 17.1 Å². The standard InChI is InChI=1S/C25H21ClN4O2/c1-32-20-12-10-18(11-13-20)24-27-23(28-30(24)22-9-5-4-8-21(22)26)25(31)29-15-14-17-6-2-3-7-19(17)16-29/h2-13H,14-16H2,1H3. The number of carbonyl (C=O) groups excluding carboxylic acids is 1. The molecule has 7 heteroatoms. The van der Waals surface area contributed by atoms with Gasteiger partial charge in [-0.15, -0.1) is 5.10 Å². The maximum absolute atomic E-state index is 13.4. The Morgan fingerprint density at radius 3 is 2.44 bits per heavy atom. The van der Waals surface area contributed by atoms with Crippen LogP contribution in [0, 0.1) is 0 Å². The summed E-state index contributed by atoms with van der Waals surface area (Å²) in [6.45, 7) is 1.18. The molecule has 0 radical (unpaired) electrons. The fourth-order valence-corrected chi connectivity index (χ4v) is 4.15. The van der Waals surface area contributed by atoms with E-state index in [0.29, 0.717) is 29.6 Å². The zero-order chi connectivity index (χ0) is 22.1. The minimum absolute atomic E-state index is 0.148. The van der Waals surface area contributed by atoms with Gasteiger partial charge in [0, 0.05) is 18.7 Å². The highest BCUT2D eigenvalue weighted by Gasteiger charge is 2.27. The monoisotopic (exact) mass is 444 g/mol. The number of amides is 1. The first kappa shape index (κ1) is 20.3. The van der Waals surface area contributed by atoms with E-state index in [1.54, 1.807) is 22.8 Å². The van der Waals surface area contributed by atoms with Crippen LogP contribution in [-0.4, -0.2) is 39.2 Å². The smallest absolute Gasteiger partial charge is 0.293 e. The van der Waals surface area contributed by atoms with Gasteiger partial charge in [0.25, 0.3) is 5.91 Å². The van der Waals surface area contributed by atoms with Gasteiger partial charge < -0.3 is 9.64 Å². The molecule has 0 N–H and O–H groups in total. The van der Waals surface area contributed by atoms with E-state index in [0.717, 1.165) is 23.3 Å². The molecule has 1 aliphatic heterocycles. The highest BCUT2D eigenvalue weighted by Crippen LogP contribution is 2.28. The van der Waals surface area contributed by atoms with Crippen molar-refractivity contribution in [2.45, 2.75) is 13.0 Å². The summed E-state index contributed by atoms with van der Waals surface area (Å²) < 4.78 is 6.90. The van der Waals surface area contributed by atoms with E-state index < -0.39 is 0 Å². The lowest BCUT2D eigenvalue weighted by Crippen LogP contribution is -2.36. The van der Waals surface area contributed by atoms with Crippen molar-refractivity contribution in [3.8, 4) is 22.8 Å². The van der Waals surface area contributed by atoms with Crippen molar-refractivity contribution >= 4 is 17.5 Å². The van der Waals surface area contributed by atoms with Gasteiger partial charge in [-0.1, -0.05) is 48.0 Å². The summed E-state index contributed by atoms with van der Waals surface area (Å²) in [6.07, 6.45) is 0.818. The van der Waals surface area contributed by atoms with E-state index in [1.165, 1.54) is 5.56 Å². The molecule has 0 saturated heterocycles. The second-order valence-corrected chi connectivity index (χ2v) is 8.00. The summed E-state index contributed by atoms with van der Waals surface area (Å²) in [4.78, 5) is 19.8. The Bertz CT molecular complexity index is 1280. The molecule has 1 aliphatic rings. The molecule has 160 valence electrons. The molecular formula is C25H21ClN4O2. The van der Waals surface area contributed by atoms with Crippen LogP contribution in [0.2, 0.25) is 5.02 Å². The number of fused-ring (bicyclic) bond motifs is 1. The topological polar surface area (TPSA) is 60.2 Å². The van der Waals surface area contributed by atoms with Gasteiger partial charge in [-0.05, 0) is 53.9 Å².